The molecule has 3 N–H and O–H groups in total. The number of anilines is 1. The molecule has 118 valence electrons. The van der Waals surface area contributed by atoms with Crippen LogP contribution in [0.15, 0.2) is 48.7 Å². The zero-order chi connectivity index (χ0) is 16.2. The smallest absolute Gasteiger partial charge is 0.322 e. The molecule has 1 atom stereocenters. The van der Waals surface area contributed by atoms with Gasteiger partial charge in [0.15, 0.2) is 5.65 Å². The summed E-state index contributed by atoms with van der Waals surface area (Å²) in [5, 5.41) is 19.3. The molecule has 2 heterocycles. The molecule has 1 unspecified atom stereocenters. The first kappa shape index (κ1) is 15.3. The van der Waals surface area contributed by atoms with Gasteiger partial charge in [-0.1, -0.05) is 41.9 Å². The number of rotatable bonds is 4. The molecule has 2 amide bonds. The van der Waals surface area contributed by atoms with Crippen LogP contribution in [0.1, 0.15) is 11.6 Å². The molecule has 0 saturated carbocycles. The van der Waals surface area contributed by atoms with Gasteiger partial charge in [-0.15, -0.1) is 5.10 Å². The summed E-state index contributed by atoms with van der Waals surface area (Å²) in [5.41, 5.74) is 1.37. The summed E-state index contributed by atoms with van der Waals surface area (Å²) in [6, 6.07) is 11.6. The molecule has 3 aromatic rings. The monoisotopic (exact) mass is 331 g/mol. The van der Waals surface area contributed by atoms with Gasteiger partial charge in [-0.2, -0.15) is 4.98 Å². The van der Waals surface area contributed by atoms with Crippen LogP contribution in [0.3, 0.4) is 0 Å². The second-order valence-corrected chi connectivity index (χ2v) is 5.27. The SMILES string of the molecule is O=C(Nc1nc2ccc(Cl)cn2n1)NC(CO)c1ccccc1. The number of aliphatic hydroxyl groups is 1. The predicted octanol–water partition coefficient (Wildman–Crippen LogP) is 2.24. The van der Waals surface area contributed by atoms with E-state index in [1.54, 1.807) is 18.3 Å². The number of hydrogen-bond donors (Lipinski definition) is 3. The van der Waals surface area contributed by atoms with Gasteiger partial charge in [0.05, 0.1) is 17.7 Å². The average Bonchev–Trinajstić information content (AvgIpc) is 2.94. The lowest BCUT2D eigenvalue weighted by Crippen LogP contribution is -2.34. The molecule has 3 rings (SSSR count). The number of nitrogens with zero attached hydrogens (tertiary/aromatic N) is 3. The third-order valence-electron chi connectivity index (χ3n) is 3.21. The number of fused-ring (bicyclic) bond motifs is 1. The highest BCUT2D eigenvalue weighted by atomic mass is 35.5. The topological polar surface area (TPSA) is 91.6 Å². The highest BCUT2D eigenvalue weighted by molar-refractivity contribution is 6.30. The molecule has 0 bridgehead atoms. The number of halogens is 1. The van der Waals surface area contributed by atoms with E-state index < -0.39 is 12.1 Å². The first-order chi connectivity index (χ1) is 11.2. The van der Waals surface area contributed by atoms with Crippen LogP contribution in [-0.4, -0.2) is 32.3 Å². The Bertz CT molecular complexity index is 821. The molecule has 0 saturated heterocycles. The van der Waals surface area contributed by atoms with Crippen molar-refractivity contribution in [3.63, 3.8) is 0 Å². The van der Waals surface area contributed by atoms with Gasteiger partial charge in [-0.05, 0) is 17.7 Å². The van der Waals surface area contributed by atoms with Crippen LogP contribution in [0.2, 0.25) is 5.02 Å². The lowest BCUT2D eigenvalue weighted by Gasteiger charge is -2.16. The van der Waals surface area contributed by atoms with Gasteiger partial charge in [0, 0.05) is 6.20 Å². The molecule has 1 aromatic carbocycles. The third-order valence-corrected chi connectivity index (χ3v) is 3.43. The fourth-order valence-electron chi connectivity index (χ4n) is 2.13. The standard InChI is InChI=1S/C15H14ClN5O2/c16-11-6-7-13-18-14(20-21(13)8-11)19-15(23)17-12(9-22)10-4-2-1-3-5-10/h1-8,12,22H,9H2,(H2,17,19,20,23). The molecular formula is C15H14ClN5O2. The van der Waals surface area contributed by atoms with Crippen molar-refractivity contribution in [2.24, 2.45) is 0 Å². The molecule has 0 aliphatic carbocycles. The molecule has 0 fully saturated rings. The van der Waals surface area contributed by atoms with E-state index in [1.165, 1.54) is 4.52 Å². The maximum atomic E-state index is 12.1. The van der Waals surface area contributed by atoms with Crippen LogP contribution in [0, 0.1) is 0 Å². The Morgan fingerprint density at radius 1 is 1.26 bits per heavy atom. The maximum absolute atomic E-state index is 12.1. The molecule has 8 heteroatoms. The van der Waals surface area contributed by atoms with Crippen molar-refractivity contribution in [2.45, 2.75) is 6.04 Å². The Morgan fingerprint density at radius 2 is 2.04 bits per heavy atom. The fraction of sp³-hybridized carbons (Fsp3) is 0.133. The van der Waals surface area contributed by atoms with Crippen molar-refractivity contribution in [1.82, 2.24) is 19.9 Å². The van der Waals surface area contributed by atoms with Crippen molar-refractivity contribution < 1.29 is 9.90 Å². The summed E-state index contributed by atoms with van der Waals surface area (Å²) in [7, 11) is 0. The normalized spacial score (nSPS) is 12.1. The molecule has 0 aliphatic rings. The summed E-state index contributed by atoms with van der Waals surface area (Å²) in [5.74, 6) is 0.148. The molecule has 7 nitrogen and oxygen atoms in total. The maximum Gasteiger partial charge on any atom is 0.322 e. The van der Waals surface area contributed by atoms with E-state index in [0.717, 1.165) is 5.56 Å². The molecule has 0 aliphatic heterocycles. The number of amides is 2. The highest BCUT2D eigenvalue weighted by Crippen LogP contribution is 2.13. The number of urea groups is 1. The van der Waals surface area contributed by atoms with Crippen LogP contribution in [0.25, 0.3) is 5.65 Å². The van der Waals surface area contributed by atoms with E-state index >= 15 is 0 Å². The Kier molecular flexibility index (Phi) is 4.40. The van der Waals surface area contributed by atoms with Crippen molar-refractivity contribution >= 4 is 29.2 Å². The second kappa shape index (κ2) is 6.64. The van der Waals surface area contributed by atoms with Gasteiger partial charge < -0.3 is 10.4 Å². The summed E-state index contributed by atoms with van der Waals surface area (Å²) in [4.78, 5) is 16.2. The first-order valence-electron chi connectivity index (χ1n) is 6.91. The van der Waals surface area contributed by atoms with Gasteiger partial charge in [0.2, 0.25) is 0 Å². The zero-order valence-electron chi connectivity index (χ0n) is 12.0. The molecule has 23 heavy (non-hydrogen) atoms. The minimum Gasteiger partial charge on any atom is -0.394 e. The van der Waals surface area contributed by atoms with E-state index in [4.69, 9.17) is 11.6 Å². The summed E-state index contributed by atoms with van der Waals surface area (Å²) < 4.78 is 1.47. The van der Waals surface area contributed by atoms with Gasteiger partial charge in [-0.25, -0.2) is 9.31 Å². The number of pyridine rings is 1. The quantitative estimate of drug-likeness (QED) is 0.683. The molecular weight excluding hydrogens is 318 g/mol. The van der Waals surface area contributed by atoms with E-state index in [2.05, 4.69) is 20.7 Å². The minimum absolute atomic E-state index is 0.148. The zero-order valence-corrected chi connectivity index (χ0v) is 12.7. The van der Waals surface area contributed by atoms with Gasteiger partial charge in [-0.3, -0.25) is 5.32 Å². The van der Waals surface area contributed by atoms with Crippen LogP contribution >= 0.6 is 11.6 Å². The van der Waals surface area contributed by atoms with E-state index in [9.17, 15) is 9.90 Å². The lowest BCUT2D eigenvalue weighted by molar-refractivity contribution is 0.225. The molecule has 0 spiro atoms. The van der Waals surface area contributed by atoms with Crippen LogP contribution < -0.4 is 10.6 Å². The minimum atomic E-state index is -0.511. The van der Waals surface area contributed by atoms with E-state index in [0.29, 0.717) is 10.7 Å². The largest absolute Gasteiger partial charge is 0.394 e. The van der Waals surface area contributed by atoms with Crippen molar-refractivity contribution in [2.75, 3.05) is 11.9 Å². The average molecular weight is 332 g/mol. The van der Waals surface area contributed by atoms with Crippen molar-refractivity contribution in [1.29, 1.82) is 0 Å². The summed E-state index contributed by atoms with van der Waals surface area (Å²) >= 11 is 5.87. The van der Waals surface area contributed by atoms with Gasteiger partial charge in [0.1, 0.15) is 0 Å². The number of aromatic nitrogens is 3. The van der Waals surface area contributed by atoms with Crippen LogP contribution in [0.5, 0.6) is 0 Å². The summed E-state index contributed by atoms with van der Waals surface area (Å²) in [6.45, 7) is -0.217. The van der Waals surface area contributed by atoms with Gasteiger partial charge in [0.25, 0.3) is 5.95 Å². The fourth-order valence-corrected chi connectivity index (χ4v) is 2.28. The van der Waals surface area contributed by atoms with Crippen LogP contribution in [0.4, 0.5) is 10.7 Å². The van der Waals surface area contributed by atoms with Crippen molar-refractivity contribution in [3.8, 4) is 0 Å². The third kappa shape index (κ3) is 3.58. The van der Waals surface area contributed by atoms with E-state index in [-0.39, 0.29) is 12.6 Å². The first-order valence-corrected chi connectivity index (χ1v) is 7.29. The number of benzene rings is 1. The molecule has 2 aromatic heterocycles. The summed E-state index contributed by atoms with van der Waals surface area (Å²) in [6.07, 6.45) is 1.59. The Balaban J connectivity index is 1.70. The molecule has 0 radical (unpaired) electrons. The highest BCUT2D eigenvalue weighted by Gasteiger charge is 2.15. The number of aliphatic hydroxyl groups excluding tert-OH is 1. The van der Waals surface area contributed by atoms with Crippen molar-refractivity contribution in [3.05, 3.63) is 59.2 Å². The lowest BCUT2D eigenvalue weighted by atomic mass is 10.1. The van der Waals surface area contributed by atoms with Gasteiger partial charge >= 0.3 is 6.03 Å². The number of nitrogens with one attached hydrogen (secondary N) is 2. The van der Waals surface area contributed by atoms with E-state index in [1.807, 2.05) is 30.3 Å². The Labute approximate surface area is 136 Å². The number of hydrogen-bond acceptors (Lipinski definition) is 4. The van der Waals surface area contributed by atoms with Crippen LogP contribution in [-0.2, 0) is 0 Å². The Hall–Kier alpha value is -2.64. The second-order valence-electron chi connectivity index (χ2n) is 4.83. The number of carbonyl (C=O) groups excluding carboxylic acids is 1. The predicted molar refractivity (Wildman–Crippen MR) is 86.4 cm³/mol. The Morgan fingerprint density at radius 3 is 2.78 bits per heavy atom. The number of carbonyl (C=O) groups is 1.